The van der Waals surface area contributed by atoms with Crippen LogP contribution in [0.25, 0.3) is 0 Å². The van der Waals surface area contributed by atoms with Crippen molar-refractivity contribution in [3.05, 3.63) is 63.9 Å². The molecule has 1 atom stereocenters. The summed E-state index contributed by atoms with van der Waals surface area (Å²) in [6.07, 6.45) is 0. The smallest absolute Gasteiger partial charge is 0.185 e. The molecule has 0 fully saturated rings. The zero-order valence-corrected chi connectivity index (χ0v) is 11.4. The molecule has 0 aliphatic rings. The lowest BCUT2D eigenvalue weighted by Gasteiger charge is -2.17. The topological polar surface area (TPSA) is 12.0 Å². The van der Waals surface area contributed by atoms with Crippen molar-refractivity contribution in [2.24, 2.45) is 0 Å². The molecule has 1 unspecified atom stereocenters. The first-order valence-corrected chi connectivity index (χ1v) is 6.23. The molecule has 1 N–H and O–H groups in total. The summed E-state index contributed by atoms with van der Waals surface area (Å²) in [5.74, 6) is -6.85. The third-order valence-corrected chi connectivity index (χ3v) is 3.22. The summed E-state index contributed by atoms with van der Waals surface area (Å²) in [6.45, 7) is 1.45. The average molecular weight is 322 g/mol. The van der Waals surface area contributed by atoms with Gasteiger partial charge in [0.05, 0.1) is 5.02 Å². The van der Waals surface area contributed by atoms with E-state index in [2.05, 4.69) is 5.32 Å². The normalized spacial score (nSPS) is 12.3. The first kappa shape index (κ1) is 15.6. The third-order valence-electron chi connectivity index (χ3n) is 2.92. The molecule has 7 heteroatoms. The van der Waals surface area contributed by atoms with Crippen molar-refractivity contribution >= 4 is 17.3 Å². The van der Waals surface area contributed by atoms with Gasteiger partial charge >= 0.3 is 0 Å². The lowest BCUT2D eigenvalue weighted by Crippen LogP contribution is -2.12. The summed E-state index contributed by atoms with van der Waals surface area (Å²) in [7, 11) is 0. The van der Waals surface area contributed by atoms with Gasteiger partial charge in [-0.05, 0) is 24.6 Å². The predicted molar refractivity (Wildman–Crippen MR) is 69.7 cm³/mol. The molecule has 2 rings (SSSR count). The Bertz CT molecular complexity index is 663. The zero-order chi connectivity index (χ0) is 15.7. The highest BCUT2D eigenvalue weighted by atomic mass is 35.5. The highest BCUT2D eigenvalue weighted by Crippen LogP contribution is 2.29. The van der Waals surface area contributed by atoms with Crippen LogP contribution in [-0.4, -0.2) is 0 Å². The molecule has 0 aliphatic heterocycles. The van der Waals surface area contributed by atoms with E-state index < -0.39 is 40.8 Å². The Labute approximate surface area is 122 Å². The van der Waals surface area contributed by atoms with Gasteiger partial charge in [0.1, 0.15) is 11.5 Å². The molecule has 2 aromatic rings. The van der Waals surface area contributed by atoms with Crippen molar-refractivity contribution < 1.29 is 22.0 Å². The van der Waals surface area contributed by atoms with Crippen molar-refractivity contribution in [2.75, 3.05) is 5.32 Å². The minimum Gasteiger partial charge on any atom is -0.374 e. The van der Waals surface area contributed by atoms with Crippen molar-refractivity contribution in [1.29, 1.82) is 0 Å². The summed E-state index contributed by atoms with van der Waals surface area (Å²) < 4.78 is 66.6. The van der Waals surface area contributed by atoms with E-state index in [-0.39, 0.29) is 11.1 Å². The number of hydrogen-bond donors (Lipinski definition) is 1. The van der Waals surface area contributed by atoms with Crippen LogP contribution >= 0.6 is 11.6 Å². The summed E-state index contributed by atoms with van der Waals surface area (Å²) in [5.41, 5.74) is -0.643. The molecular weight excluding hydrogens is 313 g/mol. The monoisotopic (exact) mass is 321 g/mol. The molecule has 0 spiro atoms. The van der Waals surface area contributed by atoms with Gasteiger partial charge in [-0.2, -0.15) is 0 Å². The molecule has 2 aromatic carbocycles. The molecule has 0 bridgehead atoms. The number of benzene rings is 2. The summed E-state index contributed by atoms with van der Waals surface area (Å²) in [5, 5.41) is 2.17. The third kappa shape index (κ3) is 3.10. The summed E-state index contributed by atoms with van der Waals surface area (Å²) >= 11 is 5.52. The van der Waals surface area contributed by atoms with Gasteiger partial charge in [-0.1, -0.05) is 17.7 Å². The van der Waals surface area contributed by atoms with Crippen LogP contribution in [0.15, 0.2) is 24.3 Å². The average Bonchev–Trinajstić information content (AvgIpc) is 2.44. The van der Waals surface area contributed by atoms with Crippen LogP contribution in [0.1, 0.15) is 18.5 Å². The van der Waals surface area contributed by atoms with E-state index in [1.165, 1.54) is 19.1 Å². The summed E-state index contributed by atoms with van der Waals surface area (Å²) in [6, 6.07) is 3.06. The van der Waals surface area contributed by atoms with Crippen molar-refractivity contribution in [1.82, 2.24) is 0 Å². The summed E-state index contributed by atoms with van der Waals surface area (Å²) in [4.78, 5) is 0. The van der Waals surface area contributed by atoms with Gasteiger partial charge in [0.2, 0.25) is 0 Å². The SMILES string of the molecule is CC(Nc1c(F)c(F)cc(F)c1F)c1ccc(Cl)c(F)c1. The highest BCUT2D eigenvalue weighted by Gasteiger charge is 2.21. The van der Waals surface area contributed by atoms with Gasteiger partial charge in [0.15, 0.2) is 23.3 Å². The number of anilines is 1. The van der Waals surface area contributed by atoms with E-state index in [1.54, 1.807) is 0 Å². The maximum absolute atomic E-state index is 13.5. The van der Waals surface area contributed by atoms with Gasteiger partial charge in [-0.3, -0.25) is 0 Å². The van der Waals surface area contributed by atoms with Crippen molar-refractivity contribution in [3.63, 3.8) is 0 Å². The van der Waals surface area contributed by atoms with Gasteiger partial charge in [-0.15, -0.1) is 0 Å². The molecule has 1 nitrogen and oxygen atoms in total. The first-order chi connectivity index (χ1) is 9.81. The second-order valence-corrected chi connectivity index (χ2v) is 4.79. The molecule has 0 radical (unpaired) electrons. The fourth-order valence-corrected chi connectivity index (χ4v) is 1.90. The van der Waals surface area contributed by atoms with Crippen LogP contribution in [0.4, 0.5) is 27.6 Å². The molecule has 112 valence electrons. The van der Waals surface area contributed by atoms with Crippen LogP contribution in [0.2, 0.25) is 5.02 Å². The maximum Gasteiger partial charge on any atom is 0.185 e. The van der Waals surface area contributed by atoms with E-state index in [9.17, 15) is 22.0 Å². The van der Waals surface area contributed by atoms with E-state index in [1.807, 2.05) is 0 Å². The second-order valence-electron chi connectivity index (χ2n) is 4.38. The fourth-order valence-electron chi connectivity index (χ4n) is 1.78. The molecule has 0 amide bonds. The molecular formula is C14H9ClF5N. The highest BCUT2D eigenvalue weighted by molar-refractivity contribution is 6.30. The van der Waals surface area contributed by atoms with Gasteiger partial charge < -0.3 is 5.32 Å². The lowest BCUT2D eigenvalue weighted by molar-refractivity contribution is 0.457. The zero-order valence-electron chi connectivity index (χ0n) is 10.7. The fraction of sp³-hybridized carbons (Fsp3) is 0.143. The molecule has 0 aromatic heterocycles. The van der Waals surface area contributed by atoms with Crippen LogP contribution in [0.5, 0.6) is 0 Å². The largest absolute Gasteiger partial charge is 0.374 e. The molecule has 0 heterocycles. The predicted octanol–water partition coefficient (Wildman–Crippen LogP) is 5.21. The van der Waals surface area contributed by atoms with Gasteiger partial charge in [0, 0.05) is 12.1 Å². The minimum atomic E-state index is -1.55. The quantitative estimate of drug-likeness (QED) is 0.604. The number of rotatable bonds is 3. The van der Waals surface area contributed by atoms with E-state index in [4.69, 9.17) is 11.6 Å². The van der Waals surface area contributed by atoms with Crippen LogP contribution in [-0.2, 0) is 0 Å². The van der Waals surface area contributed by atoms with E-state index >= 15 is 0 Å². The Kier molecular flexibility index (Phi) is 4.37. The Morgan fingerprint density at radius 1 is 0.905 bits per heavy atom. The number of nitrogens with one attached hydrogen (secondary N) is 1. The second kappa shape index (κ2) is 5.89. The Hall–Kier alpha value is -1.82. The lowest BCUT2D eigenvalue weighted by atomic mass is 10.1. The van der Waals surface area contributed by atoms with Crippen LogP contribution in [0.3, 0.4) is 0 Å². The standard InChI is InChI=1S/C14H9ClF5N/c1-6(7-2-3-8(15)9(16)4-7)21-14-12(19)10(17)5-11(18)13(14)20/h2-6,21H,1H3. The van der Waals surface area contributed by atoms with Crippen molar-refractivity contribution in [2.45, 2.75) is 13.0 Å². The minimum absolute atomic E-state index is 0.111. The van der Waals surface area contributed by atoms with E-state index in [0.717, 1.165) is 6.07 Å². The first-order valence-electron chi connectivity index (χ1n) is 5.85. The number of halogens is 6. The molecule has 0 saturated carbocycles. The van der Waals surface area contributed by atoms with Crippen molar-refractivity contribution in [3.8, 4) is 0 Å². The van der Waals surface area contributed by atoms with Crippen LogP contribution in [0, 0.1) is 29.1 Å². The molecule has 0 saturated heterocycles. The molecule has 0 aliphatic carbocycles. The van der Waals surface area contributed by atoms with Gasteiger partial charge in [0.25, 0.3) is 0 Å². The van der Waals surface area contributed by atoms with E-state index in [0.29, 0.717) is 5.56 Å². The molecule has 21 heavy (non-hydrogen) atoms. The van der Waals surface area contributed by atoms with Crippen LogP contribution < -0.4 is 5.32 Å². The maximum atomic E-state index is 13.5. The Morgan fingerprint density at radius 2 is 1.48 bits per heavy atom. The Morgan fingerprint density at radius 3 is 2.00 bits per heavy atom. The Balaban J connectivity index is 2.35. The number of hydrogen-bond acceptors (Lipinski definition) is 1. The van der Waals surface area contributed by atoms with Gasteiger partial charge in [-0.25, -0.2) is 22.0 Å².